The molecule has 0 radical (unpaired) electrons. The number of primary amides is 1. The SMILES string of the molecule is CC(C)CCOCCOc1cc(N)ccc1C(N)=O. The summed E-state index contributed by atoms with van der Waals surface area (Å²) in [5.74, 6) is 0.493. The second kappa shape index (κ2) is 7.63. The van der Waals surface area contributed by atoms with Gasteiger partial charge in [-0.15, -0.1) is 0 Å². The predicted molar refractivity (Wildman–Crippen MR) is 75.1 cm³/mol. The van der Waals surface area contributed by atoms with Crippen molar-refractivity contribution in [3.8, 4) is 5.75 Å². The van der Waals surface area contributed by atoms with Crippen LogP contribution in [0.5, 0.6) is 5.75 Å². The molecule has 1 aromatic carbocycles. The lowest BCUT2D eigenvalue weighted by molar-refractivity contribution is 0.0905. The monoisotopic (exact) mass is 266 g/mol. The largest absolute Gasteiger partial charge is 0.490 e. The van der Waals surface area contributed by atoms with E-state index in [-0.39, 0.29) is 0 Å². The van der Waals surface area contributed by atoms with E-state index in [4.69, 9.17) is 20.9 Å². The molecule has 1 aromatic rings. The Morgan fingerprint density at radius 3 is 2.63 bits per heavy atom. The van der Waals surface area contributed by atoms with Crippen LogP contribution in [0.1, 0.15) is 30.6 Å². The number of nitrogen functional groups attached to an aromatic ring is 1. The van der Waals surface area contributed by atoms with Crippen LogP contribution in [0.3, 0.4) is 0 Å². The van der Waals surface area contributed by atoms with Crippen LogP contribution in [-0.4, -0.2) is 25.7 Å². The molecule has 0 heterocycles. The second-order valence-corrected chi connectivity index (χ2v) is 4.76. The quantitative estimate of drug-likeness (QED) is 0.555. The highest BCUT2D eigenvalue weighted by atomic mass is 16.5. The third-order valence-corrected chi connectivity index (χ3v) is 2.60. The first-order chi connectivity index (χ1) is 9.00. The number of anilines is 1. The molecule has 0 aromatic heterocycles. The van der Waals surface area contributed by atoms with Crippen molar-refractivity contribution in [3.05, 3.63) is 23.8 Å². The zero-order valence-electron chi connectivity index (χ0n) is 11.5. The molecule has 0 spiro atoms. The smallest absolute Gasteiger partial charge is 0.252 e. The molecule has 0 aliphatic carbocycles. The molecule has 5 heteroatoms. The highest BCUT2D eigenvalue weighted by Gasteiger charge is 2.09. The molecule has 0 unspecified atom stereocenters. The highest BCUT2D eigenvalue weighted by Crippen LogP contribution is 2.21. The zero-order valence-corrected chi connectivity index (χ0v) is 11.5. The number of rotatable bonds is 8. The van der Waals surface area contributed by atoms with Crippen LogP contribution in [0.4, 0.5) is 5.69 Å². The number of hydrogen-bond acceptors (Lipinski definition) is 4. The summed E-state index contributed by atoms with van der Waals surface area (Å²) in [6.45, 7) is 5.83. The van der Waals surface area contributed by atoms with Gasteiger partial charge in [0.1, 0.15) is 12.4 Å². The average Bonchev–Trinajstić information content (AvgIpc) is 2.33. The number of amides is 1. The van der Waals surface area contributed by atoms with Crippen molar-refractivity contribution in [2.24, 2.45) is 11.7 Å². The normalized spacial score (nSPS) is 10.7. The number of nitrogens with two attached hydrogens (primary N) is 2. The van der Waals surface area contributed by atoms with Gasteiger partial charge in [0.05, 0.1) is 12.2 Å². The Bertz CT molecular complexity index is 419. The van der Waals surface area contributed by atoms with E-state index in [1.54, 1.807) is 18.2 Å². The minimum absolute atomic E-state index is 0.330. The molecule has 4 N–H and O–H groups in total. The number of benzene rings is 1. The van der Waals surface area contributed by atoms with Gasteiger partial charge < -0.3 is 20.9 Å². The molecular weight excluding hydrogens is 244 g/mol. The van der Waals surface area contributed by atoms with Crippen LogP contribution in [0.2, 0.25) is 0 Å². The summed E-state index contributed by atoms with van der Waals surface area (Å²) < 4.78 is 10.9. The number of carbonyl (C=O) groups is 1. The standard InChI is InChI=1S/C14H22N2O3/c1-10(2)5-6-18-7-8-19-13-9-11(15)3-4-12(13)14(16)17/h3-4,9-10H,5-8,15H2,1-2H3,(H2,16,17). The van der Waals surface area contributed by atoms with Crippen LogP contribution in [-0.2, 0) is 4.74 Å². The Morgan fingerprint density at radius 1 is 1.26 bits per heavy atom. The minimum atomic E-state index is -0.532. The van der Waals surface area contributed by atoms with Crippen molar-refractivity contribution in [2.45, 2.75) is 20.3 Å². The van der Waals surface area contributed by atoms with Gasteiger partial charge in [0, 0.05) is 18.4 Å². The van der Waals surface area contributed by atoms with Crippen LogP contribution in [0, 0.1) is 5.92 Å². The van der Waals surface area contributed by atoms with Gasteiger partial charge in [-0.05, 0) is 24.5 Å². The molecule has 0 aliphatic rings. The van der Waals surface area contributed by atoms with Gasteiger partial charge in [-0.1, -0.05) is 13.8 Å². The van der Waals surface area contributed by atoms with Crippen molar-refractivity contribution in [3.63, 3.8) is 0 Å². The molecule has 0 aliphatic heterocycles. The molecule has 0 saturated carbocycles. The zero-order chi connectivity index (χ0) is 14.3. The van der Waals surface area contributed by atoms with Crippen molar-refractivity contribution < 1.29 is 14.3 Å². The van der Waals surface area contributed by atoms with Gasteiger partial charge in [0.15, 0.2) is 0 Å². The van der Waals surface area contributed by atoms with Gasteiger partial charge in [-0.2, -0.15) is 0 Å². The topological polar surface area (TPSA) is 87.6 Å². The van der Waals surface area contributed by atoms with Gasteiger partial charge in [-0.3, -0.25) is 4.79 Å². The number of ether oxygens (including phenoxy) is 2. The van der Waals surface area contributed by atoms with Crippen LogP contribution >= 0.6 is 0 Å². The van der Waals surface area contributed by atoms with Gasteiger partial charge in [0.25, 0.3) is 5.91 Å². The molecule has 106 valence electrons. The second-order valence-electron chi connectivity index (χ2n) is 4.76. The Labute approximate surface area is 113 Å². The molecule has 19 heavy (non-hydrogen) atoms. The van der Waals surface area contributed by atoms with Crippen molar-refractivity contribution >= 4 is 11.6 Å². The van der Waals surface area contributed by atoms with E-state index in [0.717, 1.165) is 6.42 Å². The minimum Gasteiger partial charge on any atom is -0.490 e. The van der Waals surface area contributed by atoms with Crippen molar-refractivity contribution in [1.82, 2.24) is 0 Å². The van der Waals surface area contributed by atoms with Crippen molar-refractivity contribution in [2.75, 3.05) is 25.6 Å². The van der Waals surface area contributed by atoms with E-state index in [1.165, 1.54) is 0 Å². The molecule has 0 atom stereocenters. The van der Waals surface area contributed by atoms with Crippen LogP contribution in [0.25, 0.3) is 0 Å². The Hall–Kier alpha value is -1.75. The van der Waals surface area contributed by atoms with Crippen molar-refractivity contribution in [1.29, 1.82) is 0 Å². The first-order valence-corrected chi connectivity index (χ1v) is 6.40. The van der Waals surface area contributed by atoms with Gasteiger partial charge in [0.2, 0.25) is 0 Å². The lowest BCUT2D eigenvalue weighted by Crippen LogP contribution is -2.15. The average molecular weight is 266 g/mol. The van der Waals surface area contributed by atoms with E-state index >= 15 is 0 Å². The lowest BCUT2D eigenvalue weighted by atomic mass is 10.1. The fraction of sp³-hybridized carbons (Fsp3) is 0.500. The third kappa shape index (κ3) is 5.61. The predicted octanol–water partition coefficient (Wildman–Crippen LogP) is 1.81. The van der Waals surface area contributed by atoms with E-state index in [1.807, 2.05) is 0 Å². The third-order valence-electron chi connectivity index (χ3n) is 2.60. The Morgan fingerprint density at radius 2 is 2.00 bits per heavy atom. The van der Waals surface area contributed by atoms with E-state index in [2.05, 4.69) is 13.8 Å². The maximum atomic E-state index is 11.2. The fourth-order valence-corrected chi connectivity index (χ4v) is 1.49. The Balaban J connectivity index is 2.40. The summed E-state index contributed by atoms with van der Waals surface area (Å²) in [6, 6.07) is 4.77. The Kier molecular flexibility index (Phi) is 6.15. The molecular formula is C14H22N2O3. The van der Waals surface area contributed by atoms with E-state index < -0.39 is 5.91 Å². The summed E-state index contributed by atoms with van der Waals surface area (Å²) in [5.41, 5.74) is 11.8. The van der Waals surface area contributed by atoms with E-state index in [9.17, 15) is 4.79 Å². The lowest BCUT2D eigenvalue weighted by Gasteiger charge is -2.11. The summed E-state index contributed by atoms with van der Waals surface area (Å²) in [7, 11) is 0. The first kappa shape index (κ1) is 15.3. The molecule has 1 amide bonds. The maximum Gasteiger partial charge on any atom is 0.252 e. The molecule has 1 rings (SSSR count). The van der Waals surface area contributed by atoms with Gasteiger partial charge >= 0.3 is 0 Å². The first-order valence-electron chi connectivity index (χ1n) is 6.40. The number of carbonyl (C=O) groups excluding carboxylic acids is 1. The number of hydrogen-bond donors (Lipinski definition) is 2. The van der Waals surface area contributed by atoms with Crippen LogP contribution < -0.4 is 16.2 Å². The summed E-state index contributed by atoms with van der Waals surface area (Å²) in [5, 5.41) is 0. The molecule has 0 fully saturated rings. The maximum absolute atomic E-state index is 11.2. The molecule has 0 bridgehead atoms. The van der Waals surface area contributed by atoms with Crippen LogP contribution in [0.15, 0.2) is 18.2 Å². The molecule has 0 saturated heterocycles. The van der Waals surface area contributed by atoms with Gasteiger partial charge in [-0.25, -0.2) is 0 Å². The molecule has 5 nitrogen and oxygen atoms in total. The van der Waals surface area contributed by atoms with E-state index in [0.29, 0.717) is 42.7 Å². The fourth-order valence-electron chi connectivity index (χ4n) is 1.49. The highest BCUT2D eigenvalue weighted by molar-refractivity contribution is 5.96. The summed E-state index contributed by atoms with van der Waals surface area (Å²) in [4.78, 5) is 11.2. The summed E-state index contributed by atoms with van der Waals surface area (Å²) in [6.07, 6.45) is 1.02. The summed E-state index contributed by atoms with van der Waals surface area (Å²) >= 11 is 0.